The molecule has 0 amide bonds. The molecule has 1 aromatic heterocycles. The molecule has 0 saturated carbocycles. The van der Waals surface area contributed by atoms with Crippen LogP contribution in [0.25, 0.3) is 6.08 Å². The lowest BCUT2D eigenvalue weighted by Gasteiger charge is -2.09. The van der Waals surface area contributed by atoms with Crippen LogP contribution in [0.3, 0.4) is 0 Å². The number of nitrogen functional groups attached to an aromatic ring is 1. The third-order valence-electron chi connectivity index (χ3n) is 1.46. The minimum atomic E-state index is 0.490. The lowest BCUT2D eigenvalue weighted by molar-refractivity contribution is 1.01. The summed E-state index contributed by atoms with van der Waals surface area (Å²) < 4.78 is 0. The molecule has 0 unspecified atom stereocenters. The van der Waals surface area contributed by atoms with Crippen LogP contribution in [0.5, 0.6) is 0 Å². The van der Waals surface area contributed by atoms with Gasteiger partial charge < -0.3 is 10.6 Å². The first-order chi connectivity index (χ1) is 5.16. The average Bonchev–Trinajstić information content (AvgIpc) is 2.30. The maximum Gasteiger partial charge on any atom is 0.154 e. The maximum absolute atomic E-state index is 5.55. The molecule has 1 aromatic rings. The van der Waals surface area contributed by atoms with Gasteiger partial charge in [0.1, 0.15) is 5.82 Å². The van der Waals surface area contributed by atoms with Gasteiger partial charge in [0.15, 0.2) is 5.82 Å². The van der Waals surface area contributed by atoms with Crippen molar-refractivity contribution in [2.24, 2.45) is 0 Å². The molecule has 0 aromatic carbocycles. The summed E-state index contributed by atoms with van der Waals surface area (Å²) in [5.74, 6) is 1.38. The maximum atomic E-state index is 5.55. The lowest BCUT2D eigenvalue weighted by atomic mass is 10.3. The van der Waals surface area contributed by atoms with Crippen LogP contribution < -0.4 is 10.6 Å². The lowest BCUT2D eigenvalue weighted by Crippen LogP contribution is -2.10. The van der Waals surface area contributed by atoms with E-state index in [1.54, 1.807) is 6.08 Å². The van der Waals surface area contributed by atoms with E-state index in [9.17, 15) is 0 Å². The smallest absolute Gasteiger partial charge is 0.154 e. The summed E-state index contributed by atoms with van der Waals surface area (Å²) >= 11 is 0. The Morgan fingerprint density at radius 2 is 2.27 bits per heavy atom. The summed E-state index contributed by atoms with van der Waals surface area (Å²) in [4.78, 5) is 1.90. The Hall–Kier alpha value is -1.45. The molecule has 0 bridgehead atoms. The topological polar surface area (TPSA) is 57.9 Å². The standard InChI is InChI=1S/C7H12N4/c1-4-5-6(8)9-10-7(5)11(2)3/h4H,1H2,2-3H3,(H3,8,9,10). The second-order valence-corrected chi connectivity index (χ2v) is 2.47. The predicted octanol–water partition coefficient (Wildman–Crippen LogP) is 0.701. The summed E-state index contributed by atoms with van der Waals surface area (Å²) in [7, 11) is 3.83. The van der Waals surface area contributed by atoms with Gasteiger partial charge in [-0.15, -0.1) is 0 Å². The third-order valence-corrected chi connectivity index (χ3v) is 1.46. The molecule has 4 heteroatoms. The molecule has 0 aliphatic heterocycles. The number of nitrogens with zero attached hydrogens (tertiary/aromatic N) is 2. The first kappa shape index (κ1) is 7.65. The largest absolute Gasteiger partial charge is 0.382 e. The number of rotatable bonds is 2. The van der Waals surface area contributed by atoms with Gasteiger partial charge in [-0.05, 0) is 0 Å². The zero-order valence-electron chi connectivity index (χ0n) is 6.76. The van der Waals surface area contributed by atoms with Crippen LogP contribution in [0.15, 0.2) is 6.58 Å². The van der Waals surface area contributed by atoms with Gasteiger partial charge in [0.2, 0.25) is 0 Å². The molecule has 0 aliphatic carbocycles. The summed E-state index contributed by atoms with van der Waals surface area (Å²) in [6.45, 7) is 3.64. The quantitative estimate of drug-likeness (QED) is 0.655. The van der Waals surface area contributed by atoms with Gasteiger partial charge >= 0.3 is 0 Å². The summed E-state index contributed by atoms with van der Waals surface area (Å²) in [5.41, 5.74) is 6.41. The van der Waals surface area contributed by atoms with Gasteiger partial charge in [-0.25, -0.2) is 0 Å². The molecule has 0 aliphatic rings. The molecule has 0 spiro atoms. The fraction of sp³-hybridized carbons (Fsp3) is 0.286. The molecule has 11 heavy (non-hydrogen) atoms. The minimum Gasteiger partial charge on any atom is -0.382 e. The van der Waals surface area contributed by atoms with E-state index < -0.39 is 0 Å². The molecular formula is C7H12N4. The van der Waals surface area contributed by atoms with Crippen molar-refractivity contribution in [2.75, 3.05) is 24.7 Å². The monoisotopic (exact) mass is 152 g/mol. The number of nitrogens with one attached hydrogen (secondary N) is 1. The van der Waals surface area contributed by atoms with E-state index in [1.165, 1.54) is 0 Å². The van der Waals surface area contributed by atoms with Crippen molar-refractivity contribution in [3.8, 4) is 0 Å². The molecular weight excluding hydrogens is 140 g/mol. The van der Waals surface area contributed by atoms with Gasteiger partial charge in [0.25, 0.3) is 0 Å². The first-order valence-corrected chi connectivity index (χ1v) is 3.30. The molecule has 0 fully saturated rings. The van der Waals surface area contributed by atoms with Gasteiger partial charge in [-0.2, -0.15) is 5.10 Å². The number of aromatic nitrogens is 2. The Morgan fingerprint density at radius 3 is 2.64 bits per heavy atom. The third kappa shape index (κ3) is 1.19. The number of hydrogen-bond donors (Lipinski definition) is 2. The second-order valence-electron chi connectivity index (χ2n) is 2.47. The first-order valence-electron chi connectivity index (χ1n) is 3.30. The number of anilines is 2. The highest BCUT2D eigenvalue weighted by atomic mass is 15.3. The van der Waals surface area contributed by atoms with Crippen molar-refractivity contribution in [3.63, 3.8) is 0 Å². The fourth-order valence-electron chi connectivity index (χ4n) is 0.897. The van der Waals surface area contributed by atoms with Gasteiger partial charge in [0, 0.05) is 14.1 Å². The van der Waals surface area contributed by atoms with E-state index in [0.717, 1.165) is 11.4 Å². The Kier molecular flexibility index (Phi) is 1.85. The zero-order chi connectivity index (χ0) is 8.43. The highest BCUT2D eigenvalue weighted by Crippen LogP contribution is 2.21. The average molecular weight is 152 g/mol. The Balaban J connectivity index is 3.15. The van der Waals surface area contributed by atoms with Crippen LogP contribution in [0.1, 0.15) is 5.56 Å². The fourth-order valence-corrected chi connectivity index (χ4v) is 0.897. The normalized spacial score (nSPS) is 9.64. The van der Waals surface area contributed by atoms with Crippen LogP contribution >= 0.6 is 0 Å². The Labute approximate surface area is 65.7 Å². The number of nitrogens with two attached hydrogens (primary N) is 1. The molecule has 0 saturated heterocycles. The summed E-state index contributed by atoms with van der Waals surface area (Å²) in [6.07, 6.45) is 1.69. The van der Waals surface area contributed by atoms with E-state index in [1.807, 2.05) is 19.0 Å². The predicted molar refractivity (Wildman–Crippen MR) is 47.4 cm³/mol. The second kappa shape index (κ2) is 2.65. The Morgan fingerprint density at radius 1 is 1.64 bits per heavy atom. The molecule has 0 radical (unpaired) electrons. The van der Waals surface area contributed by atoms with E-state index in [4.69, 9.17) is 5.73 Å². The van der Waals surface area contributed by atoms with Crippen LogP contribution in [-0.2, 0) is 0 Å². The number of aromatic amines is 1. The van der Waals surface area contributed by atoms with Crippen molar-refractivity contribution in [1.29, 1.82) is 0 Å². The van der Waals surface area contributed by atoms with E-state index in [2.05, 4.69) is 16.8 Å². The Bertz CT molecular complexity index is 261. The molecule has 0 atom stereocenters. The number of H-pyrrole nitrogens is 1. The summed E-state index contributed by atoms with van der Waals surface area (Å²) in [6, 6.07) is 0. The van der Waals surface area contributed by atoms with Crippen LogP contribution in [0, 0.1) is 0 Å². The minimum absolute atomic E-state index is 0.490. The molecule has 1 rings (SSSR count). The molecule has 4 nitrogen and oxygen atoms in total. The van der Waals surface area contributed by atoms with Crippen LogP contribution in [0.4, 0.5) is 11.6 Å². The van der Waals surface area contributed by atoms with Crippen molar-refractivity contribution < 1.29 is 0 Å². The van der Waals surface area contributed by atoms with Crippen molar-refractivity contribution >= 4 is 17.7 Å². The highest BCUT2D eigenvalue weighted by Gasteiger charge is 2.07. The number of hydrogen-bond acceptors (Lipinski definition) is 3. The van der Waals surface area contributed by atoms with Crippen molar-refractivity contribution in [1.82, 2.24) is 10.2 Å². The van der Waals surface area contributed by atoms with E-state index >= 15 is 0 Å². The van der Waals surface area contributed by atoms with Gasteiger partial charge in [-0.3, -0.25) is 5.10 Å². The van der Waals surface area contributed by atoms with Crippen molar-refractivity contribution in [2.45, 2.75) is 0 Å². The van der Waals surface area contributed by atoms with Gasteiger partial charge in [-0.1, -0.05) is 12.7 Å². The van der Waals surface area contributed by atoms with E-state index in [0.29, 0.717) is 5.82 Å². The highest BCUT2D eigenvalue weighted by molar-refractivity contribution is 5.71. The summed E-state index contributed by atoms with van der Waals surface area (Å²) in [5, 5.41) is 6.65. The van der Waals surface area contributed by atoms with Gasteiger partial charge in [0.05, 0.1) is 5.56 Å². The molecule has 3 N–H and O–H groups in total. The van der Waals surface area contributed by atoms with Crippen LogP contribution in [-0.4, -0.2) is 24.3 Å². The van der Waals surface area contributed by atoms with Crippen molar-refractivity contribution in [3.05, 3.63) is 12.1 Å². The molecule has 60 valence electrons. The SMILES string of the molecule is C=Cc1c(N)n[nH]c1N(C)C. The zero-order valence-corrected chi connectivity index (χ0v) is 6.76. The van der Waals surface area contributed by atoms with E-state index in [-0.39, 0.29) is 0 Å². The van der Waals surface area contributed by atoms with Crippen LogP contribution in [0.2, 0.25) is 0 Å². The molecule has 1 heterocycles.